The second-order valence-electron chi connectivity index (χ2n) is 3.57. The van der Waals surface area contributed by atoms with E-state index >= 15 is 0 Å². The standard InChI is InChI=1S/C8H12N4O4S/c13-8(14)10-3-5-11(6-4-10)17(15,16)12-2-1-9-7-12/h1-2,7H,3-6H2,(H,13,14). The van der Waals surface area contributed by atoms with E-state index in [2.05, 4.69) is 4.98 Å². The molecule has 0 atom stereocenters. The van der Waals surface area contributed by atoms with Crippen molar-refractivity contribution in [3.8, 4) is 0 Å². The first-order chi connectivity index (χ1) is 8.01. The van der Waals surface area contributed by atoms with Gasteiger partial charge in [0.25, 0.3) is 0 Å². The first kappa shape index (κ1) is 11.9. The van der Waals surface area contributed by atoms with Gasteiger partial charge >= 0.3 is 16.3 Å². The van der Waals surface area contributed by atoms with Crippen molar-refractivity contribution >= 4 is 16.3 Å². The van der Waals surface area contributed by atoms with E-state index in [4.69, 9.17) is 5.11 Å². The summed E-state index contributed by atoms with van der Waals surface area (Å²) in [6, 6.07) is 0. The van der Waals surface area contributed by atoms with E-state index in [9.17, 15) is 13.2 Å². The van der Waals surface area contributed by atoms with Crippen molar-refractivity contribution in [3.05, 3.63) is 18.7 Å². The molecule has 0 spiro atoms. The fourth-order valence-electron chi connectivity index (χ4n) is 1.63. The number of hydrogen-bond donors (Lipinski definition) is 1. The molecule has 9 heteroatoms. The van der Waals surface area contributed by atoms with Crippen LogP contribution in [0.5, 0.6) is 0 Å². The van der Waals surface area contributed by atoms with Crippen LogP contribution in [-0.2, 0) is 10.2 Å². The van der Waals surface area contributed by atoms with E-state index in [-0.39, 0.29) is 26.2 Å². The maximum absolute atomic E-state index is 12.0. The highest BCUT2D eigenvalue weighted by molar-refractivity contribution is 7.87. The molecule has 94 valence electrons. The molecule has 1 aliphatic heterocycles. The van der Waals surface area contributed by atoms with Crippen LogP contribution in [0.4, 0.5) is 4.79 Å². The van der Waals surface area contributed by atoms with E-state index in [1.165, 1.54) is 27.9 Å². The minimum absolute atomic E-state index is 0.160. The third kappa shape index (κ3) is 2.24. The van der Waals surface area contributed by atoms with Crippen molar-refractivity contribution in [3.63, 3.8) is 0 Å². The molecule has 0 aromatic carbocycles. The molecule has 17 heavy (non-hydrogen) atoms. The average Bonchev–Trinajstić information content (AvgIpc) is 2.83. The van der Waals surface area contributed by atoms with Gasteiger partial charge in [0.15, 0.2) is 0 Å². The third-order valence-corrected chi connectivity index (χ3v) is 4.35. The van der Waals surface area contributed by atoms with Gasteiger partial charge in [0.05, 0.1) is 0 Å². The Morgan fingerprint density at radius 2 is 1.88 bits per heavy atom. The molecule has 0 unspecified atom stereocenters. The number of piperazine rings is 1. The lowest BCUT2D eigenvalue weighted by Gasteiger charge is -2.32. The van der Waals surface area contributed by atoms with Crippen LogP contribution < -0.4 is 0 Å². The molecule has 1 amide bonds. The van der Waals surface area contributed by atoms with Gasteiger partial charge in [0.2, 0.25) is 0 Å². The molecule has 1 aromatic heterocycles. The zero-order valence-corrected chi connectivity index (χ0v) is 9.75. The van der Waals surface area contributed by atoms with E-state index < -0.39 is 16.3 Å². The molecule has 1 aliphatic rings. The van der Waals surface area contributed by atoms with Gasteiger partial charge in [-0.15, -0.1) is 0 Å². The molecule has 1 saturated heterocycles. The summed E-state index contributed by atoms with van der Waals surface area (Å²) in [5, 5.41) is 8.75. The summed E-state index contributed by atoms with van der Waals surface area (Å²) in [4.78, 5) is 15.6. The number of hydrogen-bond acceptors (Lipinski definition) is 4. The van der Waals surface area contributed by atoms with E-state index in [0.29, 0.717) is 0 Å². The van der Waals surface area contributed by atoms with E-state index in [0.717, 1.165) is 3.97 Å². The number of rotatable bonds is 2. The highest BCUT2D eigenvalue weighted by atomic mass is 32.2. The lowest BCUT2D eigenvalue weighted by molar-refractivity contribution is 0.126. The third-order valence-electron chi connectivity index (χ3n) is 2.58. The Morgan fingerprint density at radius 1 is 1.24 bits per heavy atom. The predicted molar refractivity (Wildman–Crippen MR) is 57.7 cm³/mol. The van der Waals surface area contributed by atoms with Gasteiger partial charge in [-0.05, 0) is 0 Å². The SMILES string of the molecule is O=C(O)N1CCN(S(=O)(=O)n2ccnc2)CC1. The van der Waals surface area contributed by atoms with Crippen LogP contribution in [0.25, 0.3) is 0 Å². The predicted octanol–water partition coefficient (Wildman–Crippen LogP) is -0.728. The van der Waals surface area contributed by atoms with E-state index in [1.54, 1.807) is 0 Å². The lowest BCUT2D eigenvalue weighted by Crippen LogP contribution is -2.51. The molecule has 0 bridgehead atoms. The van der Waals surface area contributed by atoms with Gasteiger partial charge in [-0.3, -0.25) is 0 Å². The molecular weight excluding hydrogens is 248 g/mol. The van der Waals surface area contributed by atoms with Crippen LogP contribution in [0.2, 0.25) is 0 Å². The Hall–Kier alpha value is -1.61. The normalized spacial score (nSPS) is 18.2. The zero-order chi connectivity index (χ0) is 12.5. The summed E-state index contributed by atoms with van der Waals surface area (Å²) in [6.45, 7) is 0.687. The minimum Gasteiger partial charge on any atom is -0.465 e. The fraction of sp³-hybridized carbons (Fsp3) is 0.500. The second kappa shape index (κ2) is 4.34. The molecule has 8 nitrogen and oxygen atoms in total. The average molecular weight is 260 g/mol. The Labute approximate surface area is 98.3 Å². The summed E-state index contributed by atoms with van der Waals surface area (Å²) < 4.78 is 26.3. The van der Waals surface area contributed by atoms with Crippen LogP contribution in [0, 0.1) is 0 Å². The summed E-state index contributed by atoms with van der Waals surface area (Å²) in [5.74, 6) is 0. The number of nitrogens with zero attached hydrogens (tertiary/aromatic N) is 4. The van der Waals surface area contributed by atoms with Crippen LogP contribution in [0.1, 0.15) is 0 Å². The van der Waals surface area contributed by atoms with Crippen LogP contribution in [0.15, 0.2) is 18.7 Å². The van der Waals surface area contributed by atoms with Crippen LogP contribution >= 0.6 is 0 Å². The Bertz CT molecular complexity index is 490. The van der Waals surface area contributed by atoms with Gasteiger partial charge in [0, 0.05) is 38.6 Å². The molecule has 0 radical (unpaired) electrons. The molecule has 1 fully saturated rings. The van der Waals surface area contributed by atoms with Crippen molar-refractivity contribution in [2.45, 2.75) is 0 Å². The monoisotopic (exact) mass is 260 g/mol. The highest BCUT2D eigenvalue weighted by Crippen LogP contribution is 2.09. The first-order valence-corrected chi connectivity index (χ1v) is 6.38. The van der Waals surface area contributed by atoms with Crippen molar-refractivity contribution in [2.75, 3.05) is 26.2 Å². The minimum atomic E-state index is -3.60. The van der Waals surface area contributed by atoms with Gasteiger partial charge < -0.3 is 10.0 Å². The van der Waals surface area contributed by atoms with Crippen molar-refractivity contribution in [2.24, 2.45) is 0 Å². The van der Waals surface area contributed by atoms with Crippen LogP contribution in [-0.4, -0.2) is 64.0 Å². The van der Waals surface area contributed by atoms with Gasteiger partial charge in [-0.25, -0.2) is 13.8 Å². The maximum Gasteiger partial charge on any atom is 0.407 e. The molecule has 1 N–H and O–H groups in total. The zero-order valence-electron chi connectivity index (χ0n) is 8.93. The molecule has 0 saturated carbocycles. The summed E-state index contributed by atoms with van der Waals surface area (Å²) in [5.41, 5.74) is 0. The smallest absolute Gasteiger partial charge is 0.407 e. The number of carboxylic acid groups (broad SMARTS) is 1. The molecular formula is C8H12N4O4S. The van der Waals surface area contributed by atoms with Gasteiger partial charge in [-0.1, -0.05) is 0 Å². The highest BCUT2D eigenvalue weighted by Gasteiger charge is 2.29. The summed E-state index contributed by atoms with van der Waals surface area (Å²) >= 11 is 0. The number of carbonyl (C=O) groups is 1. The Morgan fingerprint density at radius 3 is 2.35 bits per heavy atom. The number of amides is 1. The first-order valence-electron chi connectivity index (χ1n) is 4.98. The van der Waals surface area contributed by atoms with Gasteiger partial charge in [-0.2, -0.15) is 12.7 Å². The van der Waals surface area contributed by atoms with Crippen LogP contribution in [0.3, 0.4) is 0 Å². The van der Waals surface area contributed by atoms with Gasteiger partial charge in [0.1, 0.15) is 6.33 Å². The molecule has 0 aliphatic carbocycles. The Kier molecular flexibility index (Phi) is 3.03. The Balaban J connectivity index is 2.09. The van der Waals surface area contributed by atoms with E-state index in [1.807, 2.05) is 0 Å². The van der Waals surface area contributed by atoms with Crippen molar-refractivity contribution in [1.82, 2.24) is 18.2 Å². The fourth-order valence-corrected chi connectivity index (χ4v) is 2.90. The van der Waals surface area contributed by atoms with Crippen molar-refractivity contribution in [1.29, 1.82) is 0 Å². The largest absolute Gasteiger partial charge is 0.465 e. The number of aromatic nitrogens is 2. The lowest BCUT2D eigenvalue weighted by atomic mass is 10.4. The topological polar surface area (TPSA) is 95.7 Å². The molecule has 2 rings (SSSR count). The second-order valence-corrected chi connectivity index (χ2v) is 5.40. The summed E-state index contributed by atoms with van der Waals surface area (Å²) in [6.07, 6.45) is 2.91. The maximum atomic E-state index is 12.0. The number of imidazole rings is 1. The summed E-state index contributed by atoms with van der Waals surface area (Å²) in [7, 11) is -3.60. The molecule has 1 aromatic rings. The van der Waals surface area contributed by atoms with Crippen molar-refractivity contribution < 1.29 is 18.3 Å². The quantitative estimate of drug-likeness (QED) is 0.756. The molecule has 2 heterocycles.